The fourth-order valence-corrected chi connectivity index (χ4v) is 4.11. The molecule has 0 saturated heterocycles. The van der Waals surface area contributed by atoms with Gasteiger partial charge in [0.1, 0.15) is 5.60 Å². The number of nitrogens with zero attached hydrogens (tertiary/aromatic N) is 4. The van der Waals surface area contributed by atoms with Crippen LogP contribution in [0.5, 0.6) is 0 Å². The van der Waals surface area contributed by atoms with Crippen molar-refractivity contribution in [2.75, 3.05) is 23.9 Å². The summed E-state index contributed by atoms with van der Waals surface area (Å²) >= 11 is 0. The molecule has 4 rings (SSSR count). The first kappa shape index (κ1) is 19.8. The lowest BCUT2D eigenvalue weighted by atomic mass is 9.91. The van der Waals surface area contributed by atoms with E-state index in [1.807, 2.05) is 12.1 Å². The molecule has 0 unspecified atom stereocenters. The number of nitrogens with one attached hydrogen (secondary N) is 1. The van der Waals surface area contributed by atoms with Crippen molar-refractivity contribution in [2.45, 2.75) is 57.3 Å². The third kappa shape index (κ3) is 3.97. The predicted octanol–water partition coefficient (Wildman–Crippen LogP) is 3.47. The average molecular weight is 396 g/mol. The van der Waals surface area contributed by atoms with Crippen molar-refractivity contribution in [1.29, 1.82) is 0 Å². The van der Waals surface area contributed by atoms with E-state index >= 15 is 0 Å². The van der Waals surface area contributed by atoms with Gasteiger partial charge in [-0.15, -0.1) is 0 Å². The lowest BCUT2D eigenvalue weighted by Crippen LogP contribution is -2.43. The third-order valence-corrected chi connectivity index (χ3v) is 5.81. The van der Waals surface area contributed by atoms with Gasteiger partial charge in [-0.05, 0) is 51.7 Å². The molecule has 7 heteroatoms. The predicted molar refractivity (Wildman–Crippen MR) is 114 cm³/mol. The minimum absolute atomic E-state index is 0.347. The fraction of sp³-hybridized carbons (Fsp3) is 0.500. The van der Waals surface area contributed by atoms with Crippen LogP contribution in [0, 0.1) is 0 Å². The van der Waals surface area contributed by atoms with E-state index < -0.39 is 5.60 Å². The molecule has 0 radical (unpaired) electrons. The molecule has 1 aliphatic heterocycles. The van der Waals surface area contributed by atoms with Gasteiger partial charge >= 0.3 is 0 Å². The van der Waals surface area contributed by atoms with Gasteiger partial charge in [0.15, 0.2) is 11.6 Å². The highest BCUT2D eigenvalue weighted by molar-refractivity contribution is 5.72. The molecule has 3 heterocycles. The second-order valence-corrected chi connectivity index (χ2v) is 8.37. The highest BCUT2D eigenvalue weighted by Gasteiger charge is 2.32. The summed E-state index contributed by atoms with van der Waals surface area (Å²) in [4.78, 5) is 16.2. The van der Waals surface area contributed by atoms with Gasteiger partial charge in [0.25, 0.3) is 0 Å². The van der Waals surface area contributed by atoms with Gasteiger partial charge in [0.2, 0.25) is 0 Å². The van der Waals surface area contributed by atoms with E-state index in [-0.39, 0.29) is 0 Å². The summed E-state index contributed by atoms with van der Waals surface area (Å²) in [6.07, 6.45) is 8.03. The first-order valence-electron chi connectivity index (χ1n) is 10.2. The summed E-state index contributed by atoms with van der Waals surface area (Å²) < 4.78 is 5.53. The lowest BCUT2D eigenvalue weighted by Gasteiger charge is -2.41. The van der Waals surface area contributed by atoms with Crippen LogP contribution in [0.3, 0.4) is 0 Å². The molecule has 0 amide bonds. The van der Waals surface area contributed by atoms with Crippen LogP contribution in [0.2, 0.25) is 0 Å². The number of anilines is 2. The van der Waals surface area contributed by atoms with Gasteiger partial charge < -0.3 is 20.1 Å². The minimum atomic E-state index is -0.973. The Hall–Kier alpha value is -2.51. The number of aromatic nitrogens is 3. The molecule has 0 atom stereocenters. The van der Waals surface area contributed by atoms with E-state index in [0.717, 1.165) is 54.3 Å². The van der Waals surface area contributed by atoms with Crippen molar-refractivity contribution in [3.8, 4) is 11.3 Å². The van der Waals surface area contributed by atoms with Crippen LogP contribution in [0.25, 0.3) is 11.3 Å². The van der Waals surface area contributed by atoms with Gasteiger partial charge in [-0.25, -0.2) is 9.97 Å². The Labute approximate surface area is 171 Å². The van der Waals surface area contributed by atoms with Crippen LogP contribution in [0.15, 0.2) is 36.8 Å². The Balaban J connectivity index is 1.64. The molecule has 1 fully saturated rings. The molecule has 7 nitrogen and oxygen atoms in total. The summed E-state index contributed by atoms with van der Waals surface area (Å²) in [7, 11) is 1.79. The molecule has 0 spiro atoms. The largest absolute Gasteiger partial charge is 0.384 e. The Morgan fingerprint density at radius 3 is 2.55 bits per heavy atom. The second kappa shape index (κ2) is 7.72. The van der Waals surface area contributed by atoms with E-state index in [9.17, 15) is 5.11 Å². The Kier molecular flexibility index (Phi) is 5.27. The van der Waals surface area contributed by atoms with Crippen LogP contribution >= 0.6 is 0 Å². The summed E-state index contributed by atoms with van der Waals surface area (Å²) in [5, 5.41) is 13.5. The highest BCUT2D eigenvalue weighted by Crippen LogP contribution is 2.37. The van der Waals surface area contributed by atoms with Crippen LogP contribution in [0.4, 0.5) is 11.6 Å². The molecule has 2 aromatic rings. The smallest absolute Gasteiger partial charge is 0.176 e. The summed E-state index contributed by atoms with van der Waals surface area (Å²) in [6.45, 7) is 8.39. The Morgan fingerprint density at radius 2 is 1.93 bits per heavy atom. The zero-order valence-corrected chi connectivity index (χ0v) is 17.4. The standard InChI is InChI=1S/C22H29N5O2/c1-14-11-24-20-21(27(14)16-6-8-17(29-4)9-7-16)26-18(13-25-20)15-5-10-19(23-12-15)22(2,3)28/h5,10,12-13,16-17,28H,1,6-9,11H2,2-4H3,(H,24,25)/t16-,17-. The van der Waals surface area contributed by atoms with Crippen LogP contribution in [-0.2, 0) is 10.3 Å². The van der Waals surface area contributed by atoms with E-state index in [1.165, 1.54) is 0 Å². The van der Waals surface area contributed by atoms with Gasteiger partial charge in [-0.3, -0.25) is 4.98 Å². The third-order valence-electron chi connectivity index (χ3n) is 5.81. The number of methoxy groups -OCH3 is 1. The number of hydrogen-bond acceptors (Lipinski definition) is 7. The first-order chi connectivity index (χ1) is 13.9. The molecule has 29 heavy (non-hydrogen) atoms. The van der Waals surface area contributed by atoms with E-state index in [1.54, 1.807) is 33.4 Å². The molecule has 0 aromatic carbocycles. The quantitative estimate of drug-likeness (QED) is 0.820. The van der Waals surface area contributed by atoms with Crippen molar-refractivity contribution in [3.05, 3.63) is 42.5 Å². The van der Waals surface area contributed by atoms with Gasteiger partial charge in [-0.2, -0.15) is 0 Å². The van der Waals surface area contributed by atoms with Crippen molar-refractivity contribution in [1.82, 2.24) is 15.0 Å². The molecule has 2 N–H and O–H groups in total. The van der Waals surface area contributed by atoms with Crippen molar-refractivity contribution < 1.29 is 9.84 Å². The summed E-state index contributed by atoms with van der Waals surface area (Å²) in [6, 6.07) is 4.11. The maximum atomic E-state index is 10.1. The SMILES string of the molecule is C=C1CNc2ncc(-c3ccc(C(C)(C)O)nc3)nc2N1[C@H]1CC[C@H](OC)CC1. The normalized spacial score (nSPS) is 22.2. The number of aliphatic hydroxyl groups is 1. The minimum Gasteiger partial charge on any atom is -0.384 e. The number of ether oxygens (including phenoxy) is 1. The van der Waals surface area contributed by atoms with Crippen LogP contribution in [-0.4, -0.2) is 45.9 Å². The Bertz CT molecular complexity index is 883. The number of hydrogen-bond donors (Lipinski definition) is 2. The molecule has 2 aromatic heterocycles. The number of rotatable bonds is 4. The zero-order valence-electron chi connectivity index (χ0n) is 17.4. The van der Waals surface area contributed by atoms with Gasteiger partial charge in [0, 0.05) is 30.6 Å². The van der Waals surface area contributed by atoms with Crippen molar-refractivity contribution >= 4 is 11.6 Å². The Morgan fingerprint density at radius 1 is 1.17 bits per heavy atom. The maximum absolute atomic E-state index is 10.1. The van der Waals surface area contributed by atoms with Gasteiger partial charge in [-0.1, -0.05) is 6.58 Å². The van der Waals surface area contributed by atoms with E-state index in [4.69, 9.17) is 9.72 Å². The zero-order chi connectivity index (χ0) is 20.6. The highest BCUT2D eigenvalue weighted by atomic mass is 16.5. The van der Waals surface area contributed by atoms with Crippen molar-refractivity contribution in [2.24, 2.45) is 0 Å². The summed E-state index contributed by atoms with van der Waals surface area (Å²) in [5.41, 5.74) is 2.29. The number of fused-ring (bicyclic) bond motifs is 1. The molecular weight excluding hydrogens is 366 g/mol. The van der Waals surface area contributed by atoms with E-state index in [2.05, 4.69) is 26.8 Å². The molecule has 154 valence electrons. The van der Waals surface area contributed by atoms with Gasteiger partial charge in [0.05, 0.1) is 30.2 Å². The molecular formula is C22H29N5O2. The van der Waals surface area contributed by atoms with Crippen LogP contribution < -0.4 is 10.2 Å². The fourth-order valence-electron chi connectivity index (χ4n) is 4.11. The topological polar surface area (TPSA) is 83.4 Å². The maximum Gasteiger partial charge on any atom is 0.176 e. The molecule has 1 saturated carbocycles. The van der Waals surface area contributed by atoms with Crippen molar-refractivity contribution in [3.63, 3.8) is 0 Å². The molecule has 0 bridgehead atoms. The van der Waals surface area contributed by atoms with E-state index in [0.29, 0.717) is 24.4 Å². The monoisotopic (exact) mass is 395 g/mol. The summed E-state index contributed by atoms with van der Waals surface area (Å²) in [5.74, 6) is 1.61. The second-order valence-electron chi connectivity index (χ2n) is 8.37. The molecule has 2 aliphatic rings. The molecule has 1 aliphatic carbocycles. The number of pyridine rings is 1. The lowest BCUT2D eigenvalue weighted by molar-refractivity contribution is 0.0660. The first-order valence-corrected chi connectivity index (χ1v) is 10.2. The van der Waals surface area contributed by atoms with Crippen LogP contribution in [0.1, 0.15) is 45.2 Å². The average Bonchev–Trinajstić information content (AvgIpc) is 2.73.